The fraction of sp³-hybridized carbons (Fsp3) is 0.364. The molecule has 0 heterocycles. The Morgan fingerprint density at radius 2 is 2.21 bits per heavy atom. The zero-order valence-electron chi connectivity index (χ0n) is 8.14. The van der Waals surface area contributed by atoms with Gasteiger partial charge in [0.1, 0.15) is 5.82 Å². The van der Waals surface area contributed by atoms with Gasteiger partial charge in [0.05, 0.1) is 12.0 Å². The van der Waals surface area contributed by atoms with Crippen LogP contribution in [0.1, 0.15) is 30.4 Å². The number of hydrogen-bond acceptors (Lipinski definition) is 1. The van der Waals surface area contributed by atoms with Gasteiger partial charge in [-0.3, -0.25) is 0 Å². The average molecular weight is 212 g/mol. The number of halogens is 2. The third-order valence-electron chi connectivity index (χ3n) is 2.22. The molecule has 0 fully saturated rings. The minimum atomic E-state index is -0.322. The van der Waals surface area contributed by atoms with Crippen LogP contribution in [-0.2, 0) is 0 Å². The van der Waals surface area contributed by atoms with Crippen molar-refractivity contribution >= 4 is 11.6 Å². The van der Waals surface area contributed by atoms with E-state index in [0.717, 1.165) is 0 Å². The highest BCUT2D eigenvalue weighted by Crippen LogP contribution is 2.28. The summed E-state index contributed by atoms with van der Waals surface area (Å²) in [6.45, 7) is 3.53. The molecular formula is C11H11ClFN. The Morgan fingerprint density at radius 3 is 2.71 bits per heavy atom. The molecule has 1 rings (SSSR count). The molecule has 0 amide bonds. The van der Waals surface area contributed by atoms with Crippen molar-refractivity contribution in [2.75, 3.05) is 0 Å². The zero-order chi connectivity index (χ0) is 10.7. The first kappa shape index (κ1) is 11.0. The summed E-state index contributed by atoms with van der Waals surface area (Å²) in [5.74, 6) is -0.629. The van der Waals surface area contributed by atoms with E-state index in [1.54, 1.807) is 13.0 Å². The summed E-state index contributed by atoms with van der Waals surface area (Å²) in [4.78, 5) is 0. The molecule has 0 saturated heterocycles. The number of nitriles is 1. The Morgan fingerprint density at radius 1 is 1.57 bits per heavy atom. The molecule has 0 N–H and O–H groups in total. The number of rotatable bonds is 2. The standard InChI is InChI=1S/C11H11ClFN/c1-3-8(6-14)9-5-11(13)7(2)4-10(9)12/h4-5,8H,3H2,1-2H3. The van der Waals surface area contributed by atoms with Crippen LogP contribution in [0.4, 0.5) is 4.39 Å². The highest BCUT2D eigenvalue weighted by atomic mass is 35.5. The van der Waals surface area contributed by atoms with Gasteiger partial charge in [-0.2, -0.15) is 5.26 Å². The van der Waals surface area contributed by atoms with E-state index < -0.39 is 0 Å². The van der Waals surface area contributed by atoms with Gasteiger partial charge >= 0.3 is 0 Å². The number of hydrogen-bond donors (Lipinski definition) is 0. The molecule has 74 valence electrons. The van der Waals surface area contributed by atoms with Crippen LogP contribution in [0, 0.1) is 24.1 Å². The predicted octanol–water partition coefficient (Wildman–Crippen LogP) is 3.80. The van der Waals surface area contributed by atoms with Crippen molar-refractivity contribution in [2.24, 2.45) is 0 Å². The lowest BCUT2D eigenvalue weighted by Gasteiger charge is -2.10. The molecule has 3 heteroatoms. The van der Waals surface area contributed by atoms with Gasteiger partial charge in [-0.15, -0.1) is 0 Å². The van der Waals surface area contributed by atoms with Crippen molar-refractivity contribution in [3.8, 4) is 6.07 Å². The van der Waals surface area contributed by atoms with E-state index in [2.05, 4.69) is 6.07 Å². The molecule has 0 radical (unpaired) electrons. The van der Waals surface area contributed by atoms with Crippen LogP contribution in [0.3, 0.4) is 0 Å². The Kier molecular flexibility index (Phi) is 3.49. The van der Waals surface area contributed by atoms with E-state index in [9.17, 15) is 4.39 Å². The van der Waals surface area contributed by atoms with Crippen LogP contribution in [-0.4, -0.2) is 0 Å². The summed E-state index contributed by atoms with van der Waals surface area (Å²) < 4.78 is 13.2. The molecule has 0 aliphatic heterocycles. The van der Waals surface area contributed by atoms with Crippen LogP contribution in [0.15, 0.2) is 12.1 Å². The summed E-state index contributed by atoms with van der Waals surface area (Å²) >= 11 is 5.94. The highest BCUT2D eigenvalue weighted by molar-refractivity contribution is 6.31. The lowest BCUT2D eigenvalue weighted by Crippen LogP contribution is -1.97. The van der Waals surface area contributed by atoms with Crippen LogP contribution < -0.4 is 0 Å². The largest absolute Gasteiger partial charge is 0.207 e. The maximum absolute atomic E-state index is 13.2. The molecule has 0 spiro atoms. The van der Waals surface area contributed by atoms with Gasteiger partial charge in [0.15, 0.2) is 0 Å². The van der Waals surface area contributed by atoms with E-state index >= 15 is 0 Å². The van der Waals surface area contributed by atoms with Gasteiger partial charge in [-0.1, -0.05) is 18.5 Å². The molecule has 1 aromatic carbocycles. The molecule has 1 aromatic rings. The topological polar surface area (TPSA) is 23.8 Å². The van der Waals surface area contributed by atoms with Crippen LogP contribution in [0.2, 0.25) is 5.02 Å². The van der Waals surface area contributed by atoms with Gasteiger partial charge < -0.3 is 0 Å². The van der Waals surface area contributed by atoms with Crippen molar-refractivity contribution in [3.63, 3.8) is 0 Å². The monoisotopic (exact) mass is 211 g/mol. The van der Waals surface area contributed by atoms with Crippen molar-refractivity contribution in [1.82, 2.24) is 0 Å². The van der Waals surface area contributed by atoms with Gasteiger partial charge in [0, 0.05) is 5.02 Å². The SMILES string of the molecule is CCC(C#N)c1cc(F)c(C)cc1Cl. The van der Waals surface area contributed by atoms with Gasteiger partial charge in [-0.25, -0.2) is 4.39 Å². The third kappa shape index (κ3) is 2.05. The quantitative estimate of drug-likeness (QED) is 0.730. The number of nitrogens with zero attached hydrogens (tertiary/aromatic N) is 1. The second kappa shape index (κ2) is 4.43. The smallest absolute Gasteiger partial charge is 0.126 e. The maximum atomic E-state index is 13.2. The minimum absolute atomic E-state index is 0.307. The number of benzene rings is 1. The molecule has 0 bridgehead atoms. The van der Waals surface area contributed by atoms with E-state index in [4.69, 9.17) is 16.9 Å². The Balaban J connectivity index is 3.22. The fourth-order valence-corrected chi connectivity index (χ4v) is 1.66. The van der Waals surface area contributed by atoms with Gasteiger partial charge in [-0.05, 0) is 36.6 Å². The summed E-state index contributed by atoms with van der Waals surface area (Å²) in [5, 5.41) is 9.30. The third-order valence-corrected chi connectivity index (χ3v) is 2.54. The molecule has 14 heavy (non-hydrogen) atoms. The normalized spacial score (nSPS) is 12.2. The molecule has 0 saturated carbocycles. The first-order valence-corrected chi connectivity index (χ1v) is 4.83. The van der Waals surface area contributed by atoms with Gasteiger partial charge in [0.2, 0.25) is 0 Å². The van der Waals surface area contributed by atoms with Crippen LogP contribution in [0.5, 0.6) is 0 Å². The summed E-state index contributed by atoms with van der Waals surface area (Å²) in [6, 6.07) is 5.02. The fourth-order valence-electron chi connectivity index (χ4n) is 1.31. The molecule has 0 aliphatic carbocycles. The summed E-state index contributed by atoms with van der Waals surface area (Å²) in [6.07, 6.45) is 0.638. The molecular weight excluding hydrogens is 201 g/mol. The van der Waals surface area contributed by atoms with Crippen molar-refractivity contribution in [2.45, 2.75) is 26.2 Å². The Hall–Kier alpha value is -1.07. The maximum Gasteiger partial charge on any atom is 0.126 e. The van der Waals surface area contributed by atoms with Crippen LogP contribution in [0.25, 0.3) is 0 Å². The zero-order valence-corrected chi connectivity index (χ0v) is 8.90. The van der Waals surface area contributed by atoms with Crippen molar-refractivity contribution in [1.29, 1.82) is 5.26 Å². The lowest BCUT2D eigenvalue weighted by atomic mass is 9.97. The molecule has 1 nitrogen and oxygen atoms in total. The summed E-state index contributed by atoms with van der Waals surface area (Å²) in [5.41, 5.74) is 1.09. The summed E-state index contributed by atoms with van der Waals surface area (Å²) in [7, 11) is 0. The highest BCUT2D eigenvalue weighted by Gasteiger charge is 2.14. The second-order valence-electron chi connectivity index (χ2n) is 3.21. The van der Waals surface area contributed by atoms with E-state index in [0.29, 0.717) is 22.6 Å². The van der Waals surface area contributed by atoms with Gasteiger partial charge in [0.25, 0.3) is 0 Å². The minimum Gasteiger partial charge on any atom is -0.207 e. The second-order valence-corrected chi connectivity index (χ2v) is 3.62. The first-order valence-electron chi connectivity index (χ1n) is 4.45. The van der Waals surface area contributed by atoms with Crippen molar-refractivity contribution < 1.29 is 4.39 Å². The molecule has 1 atom stereocenters. The molecule has 1 unspecified atom stereocenters. The average Bonchev–Trinajstić information content (AvgIpc) is 2.15. The first-order chi connectivity index (χ1) is 6.60. The van der Waals surface area contributed by atoms with E-state index in [1.165, 1.54) is 6.07 Å². The van der Waals surface area contributed by atoms with E-state index in [-0.39, 0.29) is 11.7 Å². The van der Waals surface area contributed by atoms with Crippen LogP contribution >= 0.6 is 11.6 Å². The molecule has 0 aliphatic rings. The Labute approximate surface area is 88.1 Å². The Bertz CT molecular complexity index is 382. The molecule has 0 aromatic heterocycles. The van der Waals surface area contributed by atoms with Crippen molar-refractivity contribution in [3.05, 3.63) is 34.1 Å². The lowest BCUT2D eigenvalue weighted by molar-refractivity contribution is 0.614. The van der Waals surface area contributed by atoms with E-state index in [1.807, 2.05) is 6.92 Å². The number of aryl methyl sites for hydroxylation is 1. The predicted molar refractivity (Wildman–Crippen MR) is 54.8 cm³/mol.